The van der Waals surface area contributed by atoms with Gasteiger partial charge in [-0.25, -0.2) is 0 Å². The summed E-state index contributed by atoms with van der Waals surface area (Å²) in [5.74, 6) is 0. The molecule has 0 aromatic heterocycles. The van der Waals surface area contributed by atoms with E-state index in [9.17, 15) is 0 Å². The van der Waals surface area contributed by atoms with Crippen LogP contribution < -0.4 is 5.73 Å². The lowest BCUT2D eigenvalue weighted by Gasteiger charge is -2.41. The zero-order valence-corrected chi connectivity index (χ0v) is 11.5. The Labute approximate surface area is 110 Å². The molecule has 0 saturated carbocycles. The Morgan fingerprint density at radius 2 is 2.11 bits per heavy atom. The van der Waals surface area contributed by atoms with Crippen molar-refractivity contribution in [3.05, 3.63) is 0 Å². The van der Waals surface area contributed by atoms with Gasteiger partial charge in [-0.2, -0.15) is 0 Å². The fraction of sp³-hybridized carbons (Fsp3) is 1.00. The Morgan fingerprint density at radius 3 is 2.72 bits per heavy atom. The van der Waals surface area contributed by atoms with Gasteiger partial charge in [0.05, 0.1) is 11.7 Å². The Kier molecular flexibility index (Phi) is 5.42. The molecule has 2 N–H and O–H groups in total. The second kappa shape index (κ2) is 6.85. The van der Waals surface area contributed by atoms with Crippen LogP contribution in [-0.2, 0) is 14.2 Å². The molecule has 2 unspecified atom stereocenters. The summed E-state index contributed by atoms with van der Waals surface area (Å²) in [6.07, 6.45) is 6.72. The molecule has 0 aromatic rings. The molecule has 0 aliphatic carbocycles. The van der Waals surface area contributed by atoms with Gasteiger partial charge in [0.25, 0.3) is 0 Å². The average Bonchev–Trinajstić information content (AvgIpc) is 2.90. The van der Waals surface area contributed by atoms with Crippen molar-refractivity contribution in [2.24, 2.45) is 5.73 Å². The first-order valence-electron chi connectivity index (χ1n) is 7.36. The molecule has 4 heteroatoms. The van der Waals surface area contributed by atoms with Crippen LogP contribution in [0.2, 0.25) is 0 Å². The maximum Gasteiger partial charge on any atom is 0.0876 e. The standard InChI is InChI=1S/C14H27NO3/c1-2-18-14(7-10-16-11-8-14)13(15)6-5-12-4-3-9-17-12/h12-13H,2-11,15H2,1H3. The molecular formula is C14H27NO3. The van der Waals surface area contributed by atoms with E-state index in [0.29, 0.717) is 6.10 Å². The Hall–Kier alpha value is -0.160. The minimum Gasteiger partial charge on any atom is -0.381 e. The lowest BCUT2D eigenvalue weighted by molar-refractivity contribution is -0.122. The number of hydrogen-bond acceptors (Lipinski definition) is 4. The fourth-order valence-electron chi connectivity index (χ4n) is 3.13. The molecule has 106 valence electrons. The molecule has 2 heterocycles. The molecular weight excluding hydrogens is 230 g/mol. The summed E-state index contributed by atoms with van der Waals surface area (Å²) in [7, 11) is 0. The van der Waals surface area contributed by atoms with Crippen LogP contribution in [0.5, 0.6) is 0 Å². The van der Waals surface area contributed by atoms with Crippen molar-refractivity contribution < 1.29 is 14.2 Å². The molecule has 0 aromatic carbocycles. The SMILES string of the molecule is CCOC1(C(N)CCC2CCCO2)CCOCC1. The van der Waals surface area contributed by atoms with Crippen LogP contribution in [0.15, 0.2) is 0 Å². The normalized spacial score (nSPS) is 29.3. The maximum absolute atomic E-state index is 6.41. The van der Waals surface area contributed by atoms with Gasteiger partial charge in [-0.15, -0.1) is 0 Å². The first-order chi connectivity index (χ1) is 8.77. The highest BCUT2D eigenvalue weighted by atomic mass is 16.5. The van der Waals surface area contributed by atoms with Crippen molar-refractivity contribution >= 4 is 0 Å². The smallest absolute Gasteiger partial charge is 0.0876 e. The van der Waals surface area contributed by atoms with Gasteiger partial charge in [-0.05, 0) is 32.6 Å². The minimum atomic E-state index is -0.161. The quantitative estimate of drug-likeness (QED) is 0.789. The van der Waals surface area contributed by atoms with Crippen molar-refractivity contribution in [3.63, 3.8) is 0 Å². The molecule has 0 amide bonds. The maximum atomic E-state index is 6.41. The van der Waals surface area contributed by atoms with E-state index in [4.69, 9.17) is 19.9 Å². The molecule has 0 spiro atoms. The highest BCUT2D eigenvalue weighted by Crippen LogP contribution is 2.31. The zero-order chi connectivity index (χ0) is 12.8. The molecule has 0 bridgehead atoms. The Morgan fingerprint density at radius 1 is 1.33 bits per heavy atom. The summed E-state index contributed by atoms with van der Waals surface area (Å²) in [4.78, 5) is 0. The third-order valence-corrected chi connectivity index (χ3v) is 4.27. The van der Waals surface area contributed by atoms with Crippen molar-refractivity contribution in [2.75, 3.05) is 26.4 Å². The van der Waals surface area contributed by atoms with Crippen molar-refractivity contribution in [1.82, 2.24) is 0 Å². The summed E-state index contributed by atoms with van der Waals surface area (Å²) in [6, 6.07) is 0.102. The molecule has 4 nitrogen and oxygen atoms in total. The van der Waals surface area contributed by atoms with Crippen LogP contribution in [0, 0.1) is 0 Å². The molecule has 2 rings (SSSR count). The Bertz CT molecular complexity index is 230. The van der Waals surface area contributed by atoms with Crippen LogP contribution in [0.1, 0.15) is 45.4 Å². The van der Waals surface area contributed by atoms with Crippen LogP contribution >= 0.6 is 0 Å². The average molecular weight is 257 g/mol. The van der Waals surface area contributed by atoms with Crippen molar-refractivity contribution in [2.45, 2.75) is 63.2 Å². The summed E-state index contributed by atoms with van der Waals surface area (Å²) in [5, 5.41) is 0. The van der Waals surface area contributed by atoms with E-state index >= 15 is 0 Å². The van der Waals surface area contributed by atoms with Gasteiger partial charge in [0, 0.05) is 45.3 Å². The zero-order valence-electron chi connectivity index (χ0n) is 11.5. The predicted molar refractivity (Wildman–Crippen MR) is 70.6 cm³/mol. The van der Waals surface area contributed by atoms with Crippen LogP contribution in [-0.4, -0.2) is 44.2 Å². The first-order valence-corrected chi connectivity index (χ1v) is 7.36. The van der Waals surface area contributed by atoms with E-state index in [-0.39, 0.29) is 11.6 Å². The van der Waals surface area contributed by atoms with E-state index in [2.05, 4.69) is 0 Å². The highest BCUT2D eigenvalue weighted by molar-refractivity contribution is 4.93. The molecule has 2 atom stereocenters. The molecule has 0 radical (unpaired) electrons. The second-order valence-corrected chi connectivity index (χ2v) is 5.43. The van der Waals surface area contributed by atoms with Gasteiger partial charge in [-0.3, -0.25) is 0 Å². The van der Waals surface area contributed by atoms with Gasteiger partial charge in [0.1, 0.15) is 0 Å². The topological polar surface area (TPSA) is 53.7 Å². The van der Waals surface area contributed by atoms with E-state index < -0.39 is 0 Å². The van der Waals surface area contributed by atoms with Gasteiger partial charge in [0.2, 0.25) is 0 Å². The largest absolute Gasteiger partial charge is 0.381 e. The lowest BCUT2D eigenvalue weighted by Crippen LogP contribution is -2.53. The Balaban J connectivity index is 1.84. The van der Waals surface area contributed by atoms with E-state index in [0.717, 1.165) is 52.1 Å². The fourth-order valence-corrected chi connectivity index (χ4v) is 3.13. The predicted octanol–water partition coefficient (Wildman–Crippen LogP) is 1.86. The monoisotopic (exact) mass is 257 g/mol. The highest BCUT2D eigenvalue weighted by Gasteiger charge is 2.39. The molecule has 18 heavy (non-hydrogen) atoms. The van der Waals surface area contributed by atoms with Crippen molar-refractivity contribution in [1.29, 1.82) is 0 Å². The molecule has 2 fully saturated rings. The van der Waals surface area contributed by atoms with E-state index in [1.54, 1.807) is 0 Å². The number of rotatable bonds is 6. The minimum absolute atomic E-state index is 0.102. The number of hydrogen-bond donors (Lipinski definition) is 1. The summed E-state index contributed by atoms with van der Waals surface area (Å²) >= 11 is 0. The summed E-state index contributed by atoms with van der Waals surface area (Å²) < 4.78 is 17.1. The first kappa shape index (κ1) is 14.3. The van der Waals surface area contributed by atoms with Crippen LogP contribution in [0.4, 0.5) is 0 Å². The third-order valence-electron chi connectivity index (χ3n) is 4.27. The lowest BCUT2D eigenvalue weighted by atomic mass is 9.83. The van der Waals surface area contributed by atoms with Gasteiger partial charge in [-0.1, -0.05) is 0 Å². The molecule has 2 aliphatic heterocycles. The number of ether oxygens (including phenoxy) is 3. The summed E-state index contributed by atoms with van der Waals surface area (Å²) in [5.41, 5.74) is 6.25. The summed E-state index contributed by atoms with van der Waals surface area (Å²) in [6.45, 7) is 5.24. The molecule has 2 aliphatic rings. The van der Waals surface area contributed by atoms with Gasteiger partial charge < -0.3 is 19.9 Å². The van der Waals surface area contributed by atoms with Crippen LogP contribution in [0.25, 0.3) is 0 Å². The van der Waals surface area contributed by atoms with Gasteiger partial charge >= 0.3 is 0 Å². The molecule has 2 saturated heterocycles. The van der Waals surface area contributed by atoms with Gasteiger partial charge in [0.15, 0.2) is 0 Å². The second-order valence-electron chi connectivity index (χ2n) is 5.43. The van der Waals surface area contributed by atoms with E-state index in [1.165, 1.54) is 12.8 Å². The van der Waals surface area contributed by atoms with Crippen molar-refractivity contribution in [3.8, 4) is 0 Å². The van der Waals surface area contributed by atoms with Crippen LogP contribution in [0.3, 0.4) is 0 Å². The third kappa shape index (κ3) is 3.44. The van der Waals surface area contributed by atoms with E-state index in [1.807, 2.05) is 6.92 Å². The number of nitrogens with two attached hydrogens (primary N) is 1.